The third-order valence-electron chi connectivity index (χ3n) is 3.29. The molecule has 0 radical (unpaired) electrons. The van der Waals surface area contributed by atoms with E-state index in [0.717, 1.165) is 5.56 Å². The highest BCUT2D eigenvalue weighted by Crippen LogP contribution is 2.08. The molecule has 0 aliphatic heterocycles. The van der Waals surface area contributed by atoms with Crippen LogP contribution in [0.25, 0.3) is 0 Å². The van der Waals surface area contributed by atoms with Gasteiger partial charge < -0.3 is 21.3 Å². The number of hydrogen-bond donors (Lipinski definition) is 4. The van der Waals surface area contributed by atoms with Crippen molar-refractivity contribution in [2.24, 2.45) is 4.99 Å². The lowest BCUT2D eigenvalue weighted by Crippen LogP contribution is -2.48. The second kappa shape index (κ2) is 9.39. The van der Waals surface area contributed by atoms with Crippen LogP contribution in [0.1, 0.15) is 57.5 Å². The number of carbonyl (C=O) groups is 2. The summed E-state index contributed by atoms with van der Waals surface area (Å²) < 4.78 is 0. The Balaban J connectivity index is 2.60. The highest BCUT2D eigenvalue weighted by Gasteiger charge is 2.16. The maximum atomic E-state index is 12.3. The molecule has 0 saturated carbocycles. The number of benzene rings is 1. The van der Waals surface area contributed by atoms with Crippen molar-refractivity contribution in [2.75, 3.05) is 13.6 Å². The molecule has 1 aromatic rings. The molecule has 4 N–H and O–H groups in total. The van der Waals surface area contributed by atoms with Gasteiger partial charge in [0.15, 0.2) is 5.96 Å². The lowest BCUT2D eigenvalue weighted by atomic mass is 10.1. The van der Waals surface area contributed by atoms with Crippen molar-refractivity contribution < 1.29 is 9.59 Å². The normalized spacial score (nSPS) is 12.3. The first kappa shape index (κ1) is 22.5. The smallest absolute Gasteiger partial charge is 0.251 e. The molecule has 0 fully saturated rings. The minimum Gasteiger partial charge on any atom is -0.352 e. The Morgan fingerprint density at radius 1 is 0.963 bits per heavy atom. The van der Waals surface area contributed by atoms with Crippen LogP contribution in [0.15, 0.2) is 29.3 Å². The quantitative estimate of drug-likeness (QED) is 0.466. The molecule has 0 spiro atoms. The SMILES string of the molecule is CN=C(NCC(=O)NC(C)(C)C)NCc1cccc(C(=O)NC(C)(C)C)c1. The first-order valence-electron chi connectivity index (χ1n) is 9.06. The van der Waals surface area contributed by atoms with Crippen LogP contribution in [-0.4, -0.2) is 42.4 Å². The van der Waals surface area contributed by atoms with Gasteiger partial charge in [-0.1, -0.05) is 12.1 Å². The molecule has 1 rings (SSSR count). The number of nitrogens with one attached hydrogen (secondary N) is 4. The van der Waals surface area contributed by atoms with Crippen molar-refractivity contribution >= 4 is 17.8 Å². The number of carbonyl (C=O) groups excluding carboxylic acids is 2. The standard InChI is InChI=1S/C20H33N5O2/c1-19(2,3)24-16(26)13-23-18(21-7)22-12-14-9-8-10-15(11-14)17(27)25-20(4,5)6/h8-11H,12-13H2,1-7H3,(H,24,26)(H,25,27)(H2,21,22,23). The molecule has 2 amide bonds. The molecule has 7 heteroatoms. The van der Waals surface area contributed by atoms with Gasteiger partial charge >= 0.3 is 0 Å². The number of rotatable bonds is 5. The predicted molar refractivity (Wildman–Crippen MR) is 110 cm³/mol. The lowest BCUT2D eigenvalue weighted by molar-refractivity contribution is -0.121. The van der Waals surface area contributed by atoms with Gasteiger partial charge in [-0.3, -0.25) is 14.6 Å². The molecule has 1 aromatic carbocycles. The van der Waals surface area contributed by atoms with Crippen LogP contribution in [0.4, 0.5) is 0 Å². The highest BCUT2D eigenvalue weighted by atomic mass is 16.2. The molecule has 0 atom stereocenters. The Morgan fingerprint density at radius 2 is 1.59 bits per heavy atom. The van der Waals surface area contributed by atoms with Crippen molar-refractivity contribution in [3.63, 3.8) is 0 Å². The molecule has 0 aliphatic rings. The Kier molecular flexibility index (Phi) is 7.82. The summed E-state index contributed by atoms with van der Waals surface area (Å²) in [7, 11) is 1.64. The molecule has 0 unspecified atom stereocenters. The zero-order valence-electron chi connectivity index (χ0n) is 17.5. The minimum atomic E-state index is -0.287. The van der Waals surface area contributed by atoms with E-state index in [-0.39, 0.29) is 29.4 Å². The van der Waals surface area contributed by atoms with Gasteiger partial charge in [-0.05, 0) is 59.2 Å². The molecule has 0 aliphatic carbocycles. The second-order valence-corrected chi connectivity index (χ2v) is 8.48. The fraction of sp³-hybridized carbons (Fsp3) is 0.550. The summed E-state index contributed by atoms with van der Waals surface area (Å²) in [6.07, 6.45) is 0. The molecule has 150 valence electrons. The molecule has 0 saturated heterocycles. The van der Waals surface area contributed by atoms with Gasteiger partial charge in [-0.25, -0.2) is 0 Å². The van der Waals surface area contributed by atoms with E-state index >= 15 is 0 Å². The van der Waals surface area contributed by atoms with Crippen molar-refractivity contribution in [3.05, 3.63) is 35.4 Å². The van der Waals surface area contributed by atoms with E-state index in [9.17, 15) is 9.59 Å². The molecule has 0 aromatic heterocycles. The molecular weight excluding hydrogens is 342 g/mol. The third-order valence-corrected chi connectivity index (χ3v) is 3.29. The number of hydrogen-bond acceptors (Lipinski definition) is 3. The molecular formula is C20H33N5O2. The van der Waals surface area contributed by atoms with E-state index in [1.807, 2.05) is 59.7 Å². The molecule has 0 heterocycles. The van der Waals surface area contributed by atoms with Gasteiger partial charge in [0, 0.05) is 30.2 Å². The molecule has 7 nitrogen and oxygen atoms in total. The van der Waals surface area contributed by atoms with Gasteiger partial charge in [-0.15, -0.1) is 0 Å². The summed E-state index contributed by atoms with van der Waals surface area (Å²) in [5.74, 6) is 0.306. The number of nitrogens with zero attached hydrogens (tertiary/aromatic N) is 1. The van der Waals surface area contributed by atoms with Crippen LogP contribution < -0.4 is 21.3 Å². The summed E-state index contributed by atoms with van der Waals surface area (Å²) >= 11 is 0. The largest absolute Gasteiger partial charge is 0.352 e. The second-order valence-electron chi connectivity index (χ2n) is 8.48. The van der Waals surface area contributed by atoms with Gasteiger partial charge in [0.1, 0.15) is 0 Å². The van der Waals surface area contributed by atoms with Crippen LogP contribution in [-0.2, 0) is 11.3 Å². The van der Waals surface area contributed by atoms with E-state index < -0.39 is 0 Å². The van der Waals surface area contributed by atoms with Gasteiger partial charge in [0.2, 0.25) is 5.91 Å². The molecule has 27 heavy (non-hydrogen) atoms. The summed E-state index contributed by atoms with van der Waals surface area (Å²) in [5, 5.41) is 12.0. The van der Waals surface area contributed by atoms with E-state index in [4.69, 9.17) is 0 Å². The Morgan fingerprint density at radius 3 is 2.15 bits per heavy atom. The van der Waals surface area contributed by atoms with E-state index in [0.29, 0.717) is 18.1 Å². The average Bonchev–Trinajstić information content (AvgIpc) is 2.52. The van der Waals surface area contributed by atoms with Crippen LogP contribution in [0.3, 0.4) is 0 Å². The number of guanidine groups is 1. The summed E-state index contributed by atoms with van der Waals surface area (Å²) in [6, 6.07) is 7.41. The third kappa shape index (κ3) is 9.63. The summed E-state index contributed by atoms with van der Waals surface area (Å²) in [5.41, 5.74) is 0.990. The Hall–Kier alpha value is -2.57. The van der Waals surface area contributed by atoms with Crippen LogP contribution >= 0.6 is 0 Å². The fourth-order valence-corrected chi connectivity index (χ4v) is 2.27. The number of aliphatic imine (C=N–C) groups is 1. The zero-order valence-corrected chi connectivity index (χ0v) is 17.5. The highest BCUT2D eigenvalue weighted by molar-refractivity contribution is 5.94. The first-order chi connectivity index (χ1) is 12.4. The van der Waals surface area contributed by atoms with Crippen molar-refractivity contribution in [1.82, 2.24) is 21.3 Å². The Labute approximate surface area is 162 Å². The first-order valence-corrected chi connectivity index (χ1v) is 9.06. The Bertz CT molecular complexity index is 684. The van der Waals surface area contributed by atoms with E-state index in [1.54, 1.807) is 13.1 Å². The van der Waals surface area contributed by atoms with Crippen molar-refractivity contribution in [1.29, 1.82) is 0 Å². The van der Waals surface area contributed by atoms with Gasteiger partial charge in [-0.2, -0.15) is 0 Å². The van der Waals surface area contributed by atoms with E-state index in [2.05, 4.69) is 26.3 Å². The average molecular weight is 376 g/mol. The van der Waals surface area contributed by atoms with Gasteiger partial charge in [0.25, 0.3) is 5.91 Å². The van der Waals surface area contributed by atoms with E-state index in [1.165, 1.54) is 0 Å². The number of amides is 2. The maximum Gasteiger partial charge on any atom is 0.251 e. The topological polar surface area (TPSA) is 94.6 Å². The molecule has 0 bridgehead atoms. The maximum absolute atomic E-state index is 12.3. The monoisotopic (exact) mass is 375 g/mol. The van der Waals surface area contributed by atoms with Crippen LogP contribution in [0.5, 0.6) is 0 Å². The van der Waals surface area contributed by atoms with Crippen molar-refractivity contribution in [3.8, 4) is 0 Å². The summed E-state index contributed by atoms with van der Waals surface area (Å²) in [4.78, 5) is 28.3. The predicted octanol–water partition coefficient (Wildman–Crippen LogP) is 1.79. The van der Waals surface area contributed by atoms with Crippen LogP contribution in [0, 0.1) is 0 Å². The zero-order chi connectivity index (χ0) is 20.7. The van der Waals surface area contributed by atoms with Crippen LogP contribution in [0.2, 0.25) is 0 Å². The van der Waals surface area contributed by atoms with Crippen molar-refractivity contribution in [2.45, 2.75) is 59.2 Å². The summed E-state index contributed by atoms with van der Waals surface area (Å²) in [6.45, 7) is 12.2. The lowest BCUT2D eigenvalue weighted by Gasteiger charge is -2.21. The van der Waals surface area contributed by atoms with Gasteiger partial charge in [0.05, 0.1) is 6.54 Å². The minimum absolute atomic E-state index is 0.105. The fourth-order valence-electron chi connectivity index (χ4n) is 2.27.